The van der Waals surface area contributed by atoms with Crippen molar-refractivity contribution in [3.05, 3.63) is 0 Å². The number of amides is 1. The molecule has 1 aliphatic rings. The van der Waals surface area contributed by atoms with Gasteiger partial charge in [-0.15, -0.1) is 0 Å². The van der Waals surface area contributed by atoms with Gasteiger partial charge in [-0.3, -0.25) is 4.79 Å². The van der Waals surface area contributed by atoms with Crippen molar-refractivity contribution >= 4 is 5.91 Å². The van der Waals surface area contributed by atoms with Crippen molar-refractivity contribution in [3.63, 3.8) is 0 Å². The monoisotopic (exact) mass is 212 g/mol. The van der Waals surface area contributed by atoms with E-state index in [2.05, 4.69) is 37.9 Å². The highest BCUT2D eigenvalue weighted by molar-refractivity contribution is 5.76. The van der Waals surface area contributed by atoms with Gasteiger partial charge in [-0.2, -0.15) is 0 Å². The predicted molar refractivity (Wildman–Crippen MR) is 62.7 cm³/mol. The van der Waals surface area contributed by atoms with Crippen LogP contribution in [-0.4, -0.2) is 36.0 Å². The Morgan fingerprint density at radius 2 is 2.20 bits per heavy atom. The molecule has 1 aliphatic heterocycles. The first-order valence-corrected chi connectivity index (χ1v) is 6.09. The van der Waals surface area contributed by atoms with Crippen LogP contribution < -0.4 is 5.32 Å². The van der Waals surface area contributed by atoms with Gasteiger partial charge in [0.1, 0.15) is 0 Å². The van der Waals surface area contributed by atoms with Crippen LogP contribution in [0.1, 0.15) is 40.5 Å². The number of piperazine rings is 1. The highest BCUT2D eigenvalue weighted by atomic mass is 16.2. The van der Waals surface area contributed by atoms with E-state index in [1.54, 1.807) is 0 Å². The second kappa shape index (κ2) is 5.50. The first-order valence-electron chi connectivity index (χ1n) is 6.09. The number of carbonyl (C=O) groups excluding carboxylic acids is 1. The molecule has 0 bridgehead atoms. The lowest BCUT2D eigenvalue weighted by Gasteiger charge is -2.41. The largest absolute Gasteiger partial charge is 0.337 e. The van der Waals surface area contributed by atoms with Crippen LogP contribution in [0.25, 0.3) is 0 Å². The summed E-state index contributed by atoms with van der Waals surface area (Å²) in [6.45, 7) is 10.4. The summed E-state index contributed by atoms with van der Waals surface area (Å²) in [5, 5.41) is 3.45. The van der Waals surface area contributed by atoms with Gasteiger partial charge >= 0.3 is 0 Å². The van der Waals surface area contributed by atoms with Crippen molar-refractivity contribution in [2.75, 3.05) is 13.1 Å². The smallest absolute Gasteiger partial charge is 0.222 e. The van der Waals surface area contributed by atoms with E-state index in [1.807, 2.05) is 0 Å². The Morgan fingerprint density at radius 1 is 1.53 bits per heavy atom. The van der Waals surface area contributed by atoms with Gasteiger partial charge in [0.2, 0.25) is 5.91 Å². The highest BCUT2D eigenvalue weighted by Crippen LogP contribution is 2.16. The van der Waals surface area contributed by atoms with E-state index in [0.717, 1.165) is 19.5 Å². The molecular formula is C12H24N2O. The standard InChI is InChI=1S/C12H24N2O/c1-5-6-12(15)14-8-10(4)13-7-11(14)9(2)3/h9-11,13H,5-8H2,1-4H3. The van der Waals surface area contributed by atoms with Crippen molar-refractivity contribution in [1.29, 1.82) is 0 Å². The SMILES string of the molecule is CCCC(=O)N1CC(C)NCC1C(C)C. The third kappa shape index (κ3) is 3.20. The third-order valence-corrected chi connectivity index (χ3v) is 3.10. The number of nitrogens with one attached hydrogen (secondary N) is 1. The molecule has 15 heavy (non-hydrogen) atoms. The molecule has 0 aliphatic carbocycles. The lowest BCUT2D eigenvalue weighted by Crippen LogP contribution is -2.59. The maximum Gasteiger partial charge on any atom is 0.222 e. The Morgan fingerprint density at radius 3 is 2.73 bits per heavy atom. The van der Waals surface area contributed by atoms with Crippen LogP contribution in [0.3, 0.4) is 0 Å². The Kier molecular flexibility index (Phi) is 4.58. The molecule has 2 atom stereocenters. The van der Waals surface area contributed by atoms with E-state index in [0.29, 0.717) is 30.3 Å². The second-order valence-corrected chi connectivity index (χ2v) is 4.92. The average molecular weight is 212 g/mol. The summed E-state index contributed by atoms with van der Waals surface area (Å²) in [5.74, 6) is 0.857. The molecule has 0 radical (unpaired) electrons. The Labute approximate surface area is 93.2 Å². The zero-order valence-electron chi connectivity index (χ0n) is 10.4. The maximum atomic E-state index is 12.0. The van der Waals surface area contributed by atoms with E-state index in [9.17, 15) is 4.79 Å². The Bertz CT molecular complexity index is 216. The Hall–Kier alpha value is -0.570. The first kappa shape index (κ1) is 12.5. The minimum absolute atomic E-state index is 0.324. The van der Waals surface area contributed by atoms with Crippen molar-refractivity contribution in [1.82, 2.24) is 10.2 Å². The number of carbonyl (C=O) groups is 1. The lowest BCUT2D eigenvalue weighted by molar-refractivity contribution is -0.136. The minimum Gasteiger partial charge on any atom is -0.337 e. The topological polar surface area (TPSA) is 32.3 Å². The molecule has 0 aromatic rings. The number of hydrogen-bond donors (Lipinski definition) is 1. The van der Waals surface area contributed by atoms with Crippen LogP contribution in [0.15, 0.2) is 0 Å². The van der Waals surface area contributed by atoms with Crippen LogP contribution in [0.2, 0.25) is 0 Å². The summed E-state index contributed by atoms with van der Waals surface area (Å²) in [6.07, 6.45) is 1.64. The van der Waals surface area contributed by atoms with Gasteiger partial charge < -0.3 is 10.2 Å². The van der Waals surface area contributed by atoms with Gasteiger partial charge in [0, 0.05) is 31.6 Å². The van der Waals surface area contributed by atoms with E-state index < -0.39 is 0 Å². The third-order valence-electron chi connectivity index (χ3n) is 3.10. The average Bonchev–Trinajstić information content (AvgIpc) is 2.17. The van der Waals surface area contributed by atoms with Crippen LogP contribution in [0.4, 0.5) is 0 Å². The van der Waals surface area contributed by atoms with Crippen LogP contribution in [0, 0.1) is 5.92 Å². The highest BCUT2D eigenvalue weighted by Gasteiger charge is 2.30. The van der Waals surface area contributed by atoms with Gasteiger partial charge in [-0.25, -0.2) is 0 Å². The zero-order chi connectivity index (χ0) is 11.4. The molecule has 2 unspecified atom stereocenters. The molecule has 1 N–H and O–H groups in total. The molecule has 0 saturated carbocycles. The fourth-order valence-electron chi connectivity index (χ4n) is 2.17. The zero-order valence-corrected chi connectivity index (χ0v) is 10.4. The lowest BCUT2D eigenvalue weighted by atomic mass is 9.98. The Balaban J connectivity index is 2.65. The molecule has 3 heteroatoms. The van der Waals surface area contributed by atoms with E-state index in [-0.39, 0.29) is 0 Å². The molecule has 0 aromatic heterocycles. The first-order chi connectivity index (χ1) is 7.06. The molecule has 0 spiro atoms. The summed E-state index contributed by atoms with van der Waals surface area (Å²) in [6, 6.07) is 0.807. The van der Waals surface area contributed by atoms with Crippen molar-refractivity contribution in [2.24, 2.45) is 5.92 Å². The summed E-state index contributed by atoms with van der Waals surface area (Å²) >= 11 is 0. The van der Waals surface area contributed by atoms with E-state index >= 15 is 0 Å². The van der Waals surface area contributed by atoms with Crippen LogP contribution in [-0.2, 0) is 4.79 Å². The molecule has 1 heterocycles. The second-order valence-electron chi connectivity index (χ2n) is 4.92. The van der Waals surface area contributed by atoms with Gasteiger partial charge in [-0.1, -0.05) is 20.8 Å². The van der Waals surface area contributed by atoms with Gasteiger partial charge in [0.25, 0.3) is 0 Å². The molecule has 1 rings (SSSR count). The van der Waals surface area contributed by atoms with Crippen LogP contribution in [0.5, 0.6) is 0 Å². The van der Waals surface area contributed by atoms with Crippen LogP contribution >= 0.6 is 0 Å². The van der Waals surface area contributed by atoms with Crippen molar-refractivity contribution < 1.29 is 4.79 Å². The fraction of sp³-hybridized carbons (Fsp3) is 0.917. The van der Waals surface area contributed by atoms with Gasteiger partial charge in [0.05, 0.1) is 0 Å². The summed E-state index contributed by atoms with van der Waals surface area (Å²) in [4.78, 5) is 14.0. The summed E-state index contributed by atoms with van der Waals surface area (Å²) in [7, 11) is 0. The van der Waals surface area contributed by atoms with Crippen molar-refractivity contribution in [2.45, 2.75) is 52.6 Å². The van der Waals surface area contributed by atoms with E-state index in [4.69, 9.17) is 0 Å². The molecule has 88 valence electrons. The fourth-order valence-corrected chi connectivity index (χ4v) is 2.17. The number of nitrogens with zero attached hydrogens (tertiary/aromatic N) is 1. The summed E-state index contributed by atoms with van der Waals surface area (Å²) < 4.78 is 0. The van der Waals surface area contributed by atoms with Gasteiger partial charge in [-0.05, 0) is 19.3 Å². The number of rotatable bonds is 3. The normalized spacial score (nSPS) is 27.1. The van der Waals surface area contributed by atoms with Gasteiger partial charge in [0.15, 0.2) is 0 Å². The molecular weight excluding hydrogens is 188 g/mol. The minimum atomic E-state index is 0.324. The maximum absolute atomic E-state index is 12.0. The quantitative estimate of drug-likeness (QED) is 0.771. The molecule has 1 fully saturated rings. The molecule has 3 nitrogen and oxygen atoms in total. The summed E-state index contributed by atoms with van der Waals surface area (Å²) in [5.41, 5.74) is 0. The molecule has 0 aromatic carbocycles. The molecule has 1 amide bonds. The van der Waals surface area contributed by atoms with Crippen molar-refractivity contribution in [3.8, 4) is 0 Å². The molecule has 1 saturated heterocycles. The number of hydrogen-bond acceptors (Lipinski definition) is 2. The predicted octanol–water partition coefficient (Wildman–Crippen LogP) is 1.63. The van der Waals surface area contributed by atoms with E-state index in [1.165, 1.54) is 0 Å².